The first kappa shape index (κ1) is 12.7. The normalized spacial score (nSPS) is 25.5. The Morgan fingerprint density at radius 2 is 2.20 bits per heavy atom. The maximum atomic E-state index is 11.5. The minimum absolute atomic E-state index is 0.112. The van der Waals surface area contributed by atoms with Gasteiger partial charge < -0.3 is 4.90 Å². The molecule has 1 saturated heterocycles. The molecule has 3 nitrogen and oxygen atoms in total. The molecule has 1 rings (SSSR count). The van der Waals surface area contributed by atoms with Crippen LogP contribution in [0.3, 0.4) is 0 Å². The summed E-state index contributed by atoms with van der Waals surface area (Å²) in [5, 5.41) is 0. The van der Waals surface area contributed by atoms with Crippen LogP contribution in [0.4, 0.5) is 0 Å². The maximum absolute atomic E-state index is 11.5. The zero-order valence-corrected chi connectivity index (χ0v) is 10.5. The van der Waals surface area contributed by atoms with Gasteiger partial charge >= 0.3 is 0 Å². The van der Waals surface area contributed by atoms with Crippen molar-refractivity contribution < 1.29 is 4.79 Å². The van der Waals surface area contributed by atoms with E-state index < -0.39 is 0 Å². The Kier molecular flexibility index (Phi) is 4.74. The van der Waals surface area contributed by atoms with Crippen LogP contribution in [0.15, 0.2) is 0 Å². The standard InChI is InChI=1S/C12H24N2O/c1-10(15)12(13(2)3)8-11-6-5-7-14(4)9-11/h11-12H,5-9H2,1-4H3. The average Bonchev–Trinajstić information content (AvgIpc) is 2.13. The van der Waals surface area contributed by atoms with E-state index in [2.05, 4.69) is 16.8 Å². The lowest BCUT2D eigenvalue weighted by Gasteiger charge is -2.33. The SMILES string of the molecule is CC(=O)C(CC1CCCN(C)C1)N(C)C. The second-order valence-electron chi connectivity index (χ2n) is 5.10. The third kappa shape index (κ3) is 3.92. The molecule has 1 heterocycles. The van der Waals surface area contributed by atoms with Crippen LogP contribution >= 0.6 is 0 Å². The Bertz CT molecular complexity index is 216. The molecule has 0 N–H and O–H groups in total. The van der Waals surface area contributed by atoms with Gasteiger partial charge in [0.2, 0.25) is 0 Å². The number of piperidine rings is 1. The molecule has 0 bridgehead atoms. The molecule has 1 aliphatic rings. The van der Waals surface area contributed by atoms with E-state index in [0.29, 0.717) is 11.7 Å². The number of carbonyl (C=O) groups excluding carboxylic acids is 1. The number of likely N-dealkylation sites (tertiary alicyclic amines) is 1. The second kappa shape index (κ2) is 5.61. The highest BCUT2D eigenvalue weighted by Crippen LogP contribution is 2.21. The number of nitrogens with zero attached hydrogens (tertiary/aromatic N) is 2. The monoisotopic (exact) mass is 212 g/mol. The molecule has 0 aromatic carbocycles. The average molecular weight is 212 g/mol. The van der Waals surface area contributed by atoms with Gasteiger partial charge in [-0.15, -0.1) is 0 Å². The van der Waals surface area contributed by atoms with Crippen molar-refractivity contribution in [1.82, 2.24) is 9.80 Å². The Morgan fingerprint density at radius 3 is 2.67 bits per heavy atom. The van der Waals surface area contributed by atoms with E-state index in [0.717, 1.165) is 13.0 Å². The molecule has 0 radical (unpaired) electrons. The lowest BCUT2D eigenvalue weighted by molar-refractivity contribution is -0.122. The van der Waals surface area contributed by atoms with Crippen LogP contribution < -0.4 is 0 Å². The first-order chi connectivity index (χ1) is 7.00. The van der Waals surface area contributed by atoms with E-state index in [9.17, 15) is 4.79 Å². The highest BCUT2D eigenvalue weighted by atomic mass is 16.1. The summed E-state index contributed by atoms with van der Waals surface area (Å²) in [6.45, 7) is 4.07. The zero-order valence-electron chi connectivity index (χ0n) is 10.5. The first-order valence-corrected chi connectivity index (χ1v) is 5.86. The van der Waals surface area contributed by atoms with Crippen LogP contribution in [0.1, 0.15) is 26.2 Å². The molecule has 2 unspecified atom stereocenters. The van der Waals surface area contributed by atoms with Crippen LogP contribution in [-0.4, -0.2) is 55.9 Å². The minimum atomic E-state index is 0.112. The van der Waals surface area contributed by atoms with Gasteiger partial charge in [0.1, 0.15) is 5.78 Å². The molecule has 1 fully saturated rings. The number of Topliss-reactive ketones (excluding diaryl/α,β-unsaturated/α-hetero) is 1. The number of hydrogen-bond acceptors (Lipinski definition) is 3. The molecule has 0 spiro atoms. The first-order valence-electron chi connectivity index (χ1n) is 5.86. The van der Waals surface area contributed by atoms with Gasteiger partial charge in [0.25, 0.3) is 0 Å². The predicted octanol–water partition coefficient (Wildman–Crippen LogP) is 1.24. The molecule has 2 atom stereocenters. The molecule has 15 heavy (non-hydrogen) atoms. The maximum Gasteiger partial charge on any atom is 0.146 e. The third-order valence-corrected chi connectivity index (χ3v) is 3.37. The van der Waals surface area contributed by atoms with Crippen LogP contribution in [-0.2, 0) is 4.79 Å². The van der Waals surface area contributed by atoms with E-state index >= 15 is 0 Å². The zero-order chi connectivity index (χ0) is 11.4. The van der Waals surface area contributed by atoms with Gasteiger partial charge in [0.05, 0.1) is 6.04 Å². The van der Waals surface area contributed by atoms with Gasteiger partial charge in [-0.25, -0.2) is 0 Å². The van der Waals surface area contributed by atoms with Crippen LogP contribution in [0.25, 0.3) is 0 Å². The lowest BCUT2D eigenvalue weighted by atomic mass is 9.90. The van der Waals surface area contributed by atoms with Crippen molar-refractivity contribution in [2.75, 3.05) is 34.2 Å². The summed E-state index contributed by atoms with van der Waals surface area (Å²) in [6, 6.07) is 0.112. The smallest absolute Gasteiger partial charge is 0.146 e. The molecule has 1 aliphatic heterocycles. The highest BCUT2D eigenvalue weighted by Gasteiger charge is 2.24. The molecule has 88 valence electrons. The molecule has 0 amide bonds. The summed E-state index contributed by atoms with van der Waals surface area (Å²) in [6.07, 6.45) is 3.58. The van der Waals surface area contributed by atoms with Crippen molar-refractivity contribution >= 4 is 5.78 Å². The Balaban J connectivity index is 2.46. The van der Waals surface area contributed by atoms with Gasteiger partial charge in [-0.05, 0) is 59.8 Å². The molecule has 0 aliphatic carbocycles. The quantitative estimate of drug-likeness (QED) is 0.700. The number of ketones is 1. The molecule has 0 saturated carbocycles. The topological polar surface area (TPSA) is 23.6 Å². The Labute approximate surface area is 93.4 Å². The van der Waals surface area contributed by atoms with E-state index in [-0.39, 0.29) is 6.04 Å². The Hall–Kier alpha value is -0.410. The number of likely N-dealkylation sites (N-methyl/N-ethyl adjacent to an activating group) is 1. The summed E-state index contributed by atoms with van der Waals surface area (Å²) >= 11 is 0. The third-order valence-electron chi connectivity index (χ3n) is 3.37. The van der Waals surface area contributed by atoms with Crippen molar-refractivity contribution in [1.29, 1.82) is 0 Å². The number of hydrogen-bond donors (Lipinski definition) is 0. The van der Waals surface area contributed by atoms with E-state index in [1.807, 2.05) is 14.1 Å². The van der Waals surface area contributed by atoms with Gasteiger partial charge in [-0.2, -0.15) is 0 Å². The van der Waals surface area contributed by atoms with E-state index in [1.54, 1.807) is 6.92 Å². The summed E-state index contributed by atoms with van der Waals surface area (Å²) < 4.78 is 0. The van der Waals surface area contributed by atoms with Gasteiger partial charge in [0.15, 0.2) is 0 Å². The minimum Gasteiger partial charge on any atom is -0.306 e. The number of rotatable bonds is 4. The molecular formula is C12H24N2O. The Morgan fingerprint density at radius 1 is 1.53 bits per heavy atom. The van der Waals surface area contributed by atoms with Crippen LogP contribution in [0.2, 0.25) is 0 Å². The molecule has 0 aromatic heterocycles. The van der Waals surface area contributed by atoms with Crippen molar-refractivity contribution in [3.05, 3.63) is 0 Å². The fourth-order valence-electron chi connectivity index (χ4n) is 2.52. The van der Waals surface area contributed by atoms with Crippen molar-refractivity contribution in [3.8, 4) is 0 Å². The van der Waals surface area contributed by atoms with Crippen molar-refractivity contribution in [2.45, 2.75) is 32.2 Å². The van der Waals surface area contributed by atoms with Crippen LogP contribution in [0.5, 0.6) is 0 Å². The van der Waals surface area contributed by atoms with E-state index in [4.69, 9.17) is 0 Å². The summed E-state index contributed by atoms with van der Waals surface area (Å²) in [5.41, 5.74) is 0. The summed E-state index contributed by atoms with van der Waals surface area (Å²) in [7, 11) is 6.17. The second-order valence-corrected chi connectivity index (χ2v) is 5.10. The fraction of sp³-hybridized carbons (Fsp3) is 0.917. The highest BCUT2D eigenvalue weighted by molar-refractivity contribution is 5.81. The molecule has 3 heteroatoms. The van der Waals surface area contributed by atoms with Gasteiger partial charge in [0, 0.05) is 6.54 Å². The van der Waals surface area contributed by atoms with Gasteiger partial charge in [-0.1, -0.05) is 0 Å². The van der Waals surface area contributed by atoms with Crippen molar-refractivity contribution in [2.24, 2.45) is 5.92 Å². The molecule has 0 aromatic rings. The summed E-state index contributed by atoms with van der Waals surface area (Å²) in [5.74, 6) is 0.994. The summed E-state index contributed by atoms with van der Waals surface area (Å²) in [4.78, 5) is 15.9. The van der Waals surface area contributed by atoms with Crippen LogP contribution in [0, 0.1) is 5.92 Å². The van der Waals surface area contributed by atoms with E-state index in [1.165, 1.54) is 19.4 Å². The van der Waals surface area contributed by atoms with Gasteiger partial charge in [-0.3, -0.25) is 9.69 Å². The van der Waals surface area contributed by atoms with Crippen molar-refractivity contribution in [3.63, 3.8) is 0 Å². The molecular weight excluding hydrogens is 188 g/mol. The largest absolute Gasteiger partial charge is 0.306 e. The fourth-order valence-corrected chi connectivity index (χ4v) is 2.52. The predicted molar refractivity (Wildman–Crippen MR) is 63.0 cm³/mol. The lowest BCUT2D eigenvalue weighted by Crippen LogP contribution is -2.40. The number of carbonyl (C=O) groups is 1.